The van der Waals surface area contributed by atoms with Gasteiger partial charge in [0.25, 0.3) is 0 Å². The quantitative estimate of drug-likeness (QED) is 0.0348. The zero-order valence-electron chi connectivity index (χ0n) is 27.2. The summed E-state index contributed by atoms with van der Waals surface area (Å²) in [6.45, 7) is 3.61. The van der Waals surface area contributed by atoms with Crippen molar-refractivity contribution < 1.29 is 42.1 Å². The van der Waals surface area contributed by atoms with Crippen molar-refractivity contribution in [1.29, 1.82) is 0 Å². The van der Waals surface area contributed by atoms with Crippen LogP contribution in [0, 0.1) is 0 Å². The zero-order chi connectivity index (χ0) is 32.2. The van der Waals surface area contributed by atoms with E-state index in [4.69, 9.17) is 18.5 Å². The Balaban J connectivity index is 4.20. The fraction of sp³-hybridized carbons (Fsp3) is 0.636. The molecule has 0 aromatic rings. The second-order valence-corrected chi connectivity index (χ2v) is 12.5. The minimum Gasteiger partial charge on any atom is -0.462 e. The standard InChI is InChI=1S/C33H56NO8P/c1-6-8-9-10-11-12-13-14-15-16-17-18-19-20-21-22-23-24-25-26-33(36)42-31(29-39-32(35)7-2)30-41-43(37,38)40-28-27-34(3,4)5/h8-9,11-12,14-15,17-18,20-21,31H,6-7,10,13,16,19,22-30H2,1-5H3/p+1/b9-8-,12-11-,15-14-,18-17-,21-20-. The van der Waals surface area contributed by atoms with Crippen LogP contribution in [0.1, 0.15) is 84.5 Å². The van der Waals surface area contributed by atoms with Crippen molar-refractivity contribution in [1.82, 2.24) is 0 Å². The van der Waals surface area contributed by atoms with Crippen LogP contribution in [0.2, 0.25) is 0 Å². The van der Waals surface area contributed by atoms with E-state index in [-0.39, 0.29) is 26.1 Å². The van der Waals surface area contributed by atoms with E-state index in [1.807, 2.05) is 21.1 Å². The molecule has 0 fully saturated rings. The summed E-state index contributed by atoms with van der Waals surface area (Å²) in [6.07, 6.45) is 29.4. The average molecular weight is 627 g/mol. The second-order valence-electron chi connectivity index (χ2n) is 11.1. The van der Waals surface area contributed by atoms with Crippen LogP contribution >= 0.6 is 7.82 Å². The van der Waals surface area contributed by atoms with E-state index in [1.54, 1.807) is 6.92 Å². The first-order valence-electron chi connectivity index (χ1n) is 15.5. The summed E-state index contributed by atoms with van der Waals surface area (Å²) in [5, 5.41) is 0. The maximum atomic E-state index is 12.3. The number of ether oxygens (including phenoxy) is 2. The Bertz CT molecular complexity index is 934. The summed E-state index contributed by atoms with van der Waals surface area (Å²) >= 11 is 0. The number of hydrogen-bond donors (Lipinski definition) is 1. The van der Waals surface area contributed by atoms with Gasteiger partial charge in [-0.1, -0.05) is 81.0 Å². The number of esters is 2. The molecule has 0 saturated carbocycles. The first-order valence-corrected chi connectivity index (χ1v) is 17.0. The number of phosphoric acid groups is 1. The van der Waals surface area contributed by atoms with Crippen LogP contribution in [0.25, 0.3) is 0 Å². The SMILES string of the molecule is CC/C=C\C/C=C\C/C=C\C/C=C\C/C=C\CCCCCC(=O)OC(COC(=O)CC)COP(=O)(O)OCC[N+](C)(C)C. The summed E-state index contributed by atoms with van der Waals surface area (Å²) in [6, 6.07) is 0. The Morgan fingerprint density at radius 3 is 1.84 bits per heavy atom. The van der Waals surface area contributed by atoms with E-state index in [2.05, 4.69) is 67.7 Å². The molecule has 0 aliphatic heterocycles. The molecule has 0 amide bonds. The Hall–Kier alpha value is -2.29. The molecule has 0 aromatic heterocycles. The van der Waals surface area contributed by atoms with Gasteiger partial charge in [0.2, 0.25) is 0 Å². The van der Waals surface area contributed by atoms with Crippen molar-refractivity contribution in [3.63, 3.8) is 0 Å². The van der Waals surface area contributed by atoms with E-state index >= 15 is 0 Å². The molecule has 0 heterocycles. The highest BCUT2D eigenvalue weighted by atomic mass is 31.2. The normalized spacial score (nSPS) is 14.8. The number of hydrogen-bond acceptors (Lipinski definition) is 7. The van der Waals surface area contributed by atoms with E-state index in [9.17, 15) is 19.0 Å². The first-order chi connectivity index (χ1) is 20.5. The van der Waals surface area contributed by atoms with Crippen molar-refractivity contribution in [2.75, 3.05) is 47.5 Å². The van der Waals surface area contributed by atoms with Gasteiger partial charge < -0.3 is 18.9 Å². The fourth-order valence-electron chi connectivity index (χ4n) is 3.37. The number of carbonyl (C=O) groups excluding carboxylic acids is 2. The molecule has 246 valence electrons. The molecule has 2 atom stereocenters. The smallest absolute Gasteiger partial charge is 0.462 e. The Morgan fingerprint density at radius 1 is 0.744 bits per heavy atom. The number of allylic oxidation sites excluding steroid dienone is 10. The predicted octanol–water partition coefficient (Wildman–Crippen LogP) is 7.39. The van der Waals surface area contributed by atoms with E-state index < -0.39 is 32.5 Å². The summed E-state index contributed by atoms with van der Waals surface area (Å²) in [5.41, 5.74) is 0. The van der Waals surface area contributed by atoms with E-state index in [0.29, 0.717) is 17.4 Å². The van der Waals surface area contributed by atoms with Crippen LogP contribution in [0.4, 0.5) is 0 Å². The van der Waals surface area contributed by atoms with Gasteiger partial charge in [0.15, 0.2) is 6.10 Å². The number of nitrogens with zero attached hydrogens (tertiary/aromatic N) is 1. The molecule has 0 aromatic carbocycles. The van der Waals surface area contributed by atoms with Gasteiger partial charge in [0.05, 0.1) is 27.7 Å². The van der Waals surface area contributed by atoms with Crippen LogP contribution in [0.3, 0.4) is 0 Å². The molecule has 1 N–H and O–H groups in total. The summed E-state index contributed by atoms with van der Waals surface area (Å²) in [5.74, 6) is -0.947. The van der Waals surface area contributed by atoms with Crippen molar-refractivity contribution in [2.24, 2.45) is 0 Å². The van der Waals surface area contributed by atoms with Crippen molar-refractivity contribution in [2.45, 2.75) is 90.6 Å². The van der Waals surface area contributed by atoms with Crippen LogP contribution in [0.15, 0.2) is 60.8 Å². The molecular formula is C33H57NO8P+. The summed E-state index contributed by atoms with van der Waals surface area (Å²) in [4.78, 5) is 33.8. The molecule has 0 radical (unpaired) electrons. The minimum absolute atomic E-state index is 0.0200. The van der Waals surface area contributed by atoms with Crippen molar-refractivity contribution >= 4 is 19.8 Å². The van der Waals surface area contributed by atoms with Gasteiger partial charge in [0, 0.05) is 12.8 Å². The molecule has 9 nitrogen and oxygen atoms in total. The number of unbranched alkanes of at least 4 members (excludes halogenated alkanes) is 3. The third kappa shape index (κ3) is 29.6. The van der Waals surface area contributed by atoms with Crippen molar-refractivity contribution in [3.05, 3.63) is 60.8 Å². The summed E-state index contributed by atoms with van der Waals surface area (Å²) in [7, 11) is 1.43. The average Bonchev–Trinajstić information content (AvgIpc) is 2.94. The van der Waals surface area contributed by atoms with Gasteiger partial charge in [-0.3, -0.25) is 18.6 Å². The molecule has 0 aliphatic carbocycles. The number of rotatable bonds is 26. The minimum atomic E-state index is -4.35. The lowest BCUT2D eigenvalue weighted by atomic mass is 10.1. The Kier molecular flexibility index (Phi) is 24.7. The van der Waals surface area contributed by atoms with Crippen LogP contribution in [0.5, 0.6) is 0 Å². The third-order valence-corrected chi connectivity index (χ3v) is 6.85. The fourth-order valence-corrected chi connectivity index (χ4v) is 4.11. The Morgan fingerprint density at radius 2 is 1.30 bits per heavy atom. The van der Waals surface area contributed by atoms with E-state index in [0.717, 1.165) is 51.4 Å². The Labute approximate surface area is 260 Å². The number of phosphoric ester groups is 1. The maximum absolute atomic E-state index is 12.3. The van der Waals surface area contributed by atoms with Gasteiger partial charge in [-0.2, -0.15) is 0 Å². The molecule has 0 bridgehead atoms. The molecule has 0 saturated heterocycles. The second kappa shape index (κ2) is 26.1. The molecular weight excluding hydrogens is 569 g/mol. The van der Waals surface area contributed by atoms with E-state index in [1.165, 1.54) is 0 Å². The lowest BCUT2D eigenvalue weighted by Gasteiger charge is -2.24. The molecule has 43 heavy (non-hydrogen) atoms. The van der Waals surface area contributed by atoms with Gasteiger partial charge >= 0.3 is 19.8 Å². The topological polar surface area (TPSA) is 108 Å². The highest BCUT2D eigenvalue weighted by molar-refractivity contribution is 7.47. The largest absolute Gasteiger partial charge is 0.472 e. The third-order valence-electron chi connectivity index (χ3n) is 5.87. The van der Waals surface area contributed by atoms with Gasteiger partial charge in [-0.15, -0.1) is 0 Å². The van der Waals surface area contributed by atoms with Crippen LogP contribution < -0.4 is 0 Å². The lowest BCUT2D eigenvalue weighted by Crippen LogP contribution is -2.37. The molecule has 2 unspecified atom stereocenters. The molecule has 0 rings (SSSR count). The monoisotopic (exact) mass is 626 g/mol. The maximum Gasteiger partial charge on any atom is 0.472 e. The van der Waals surface area contributed by atoms with Crippen LogP contribution in [-0.2, 0) is 32.7 Å². The van der Waals surface area contributed by atoms with Gasteiger partial charge in [0.1, 0.15) is 19.8 Å². The first kappa shape index (κ1) is 40.7. The van der Waals surface area contributed by atoms with Gasteiger partial charge in [-0.05, 0) is 51.4 Å². The van der Waals surface area contributed by atoms with Crippen molar-refractivity contribution in [3.8, 4) is 0 Å². The number of likely N-dealkylation sites (N-methyl/N-ethyl adjacent to an activating group) is 1. The highest BCUT2D eigenvalue weighted by Crippen LogP contribution is 2.43. The number of quaternary nitrogens is 1. The van der Waals surface area contributed by atoms with Crippen LogP contribution in [-0.4, -0.2) is 74.9 Å². The summed E-state index contributed by atoms with van der Waals surface area (Å²) < 4.78 is 33.2. The lowest BCUT2D eigenvalue weighted by molar-refractivity contribution is -0.870. The molecule has 0 spiro atoms. The predicted molar refractivity (Wildman–Crippen MR) is 173 cm³/mol. The molecule has 0 aliphatic rings. The van der Waals surface area contributed by atoms with Gasteiger partial charge in [-0.25, -0.2) is 4.57 Å². The highest BCUT2D eigenvalue weighted by Gasteiger charge is 2.26. The molecule has 10 heteroatoms. The zero-order valence-corrected chi connectivity index (χ0v) is 28.1. The number of carbonyl (C=O) groups is 2.